The van der Waals surface area contributed by atoms with Crippen LogP contribution in [0, 0.1) is 6.92 Å². The highest BCUT2D eigenvalue weighted by molar-refractivity contribution is 7.98. The molecule has 0 fully saturated rings. The molecule has 0 saturated carbocycles. The van der Waals surface area contributed by atoms with Crippen molar-refractivity contribution >= 4 is 23.1 Å². The minimum absolute atomic E-state index is 0.118. The number of aromatic nitrogens is 4. The first-order valence-corrected chi connectivity index (χ1v) is 13.1. The fourth-order valence-electron chi connectivity index (χ4n) is 3.47. The highest BCUT2D eigenvalue weighted by Crippen LogP contribution is 2.29. The largest absolute Gasteiger partial charge is 0.486 e. The van der Waals surface area contributed by atoms with Gasteiger partial charge in [-0.3, -0.25) is 4.57 Å². The first-order chi connectivity index (χ1) is 16.3. The van der Waals surface area contributed by atoms with Gasteiger partial charge in [-0.15, -0.1) is 28.1 Å². The van der Waals surface area contributed by atoms with E-state index in [0.29, 0.717) is 13.2 Å². The minimum Gasteiger partial charge on any atom is -0.486 e. The molecule has 4 aromatic rings. The average Bonchev–Trinajstić information content (AvgIpc) is 3.43. The molecule has 4 rings (SSSR count). The number of thiazole rings is 1. The van der Waals surface area contributed by atoms with Gasteiger partial charge in [0.15, 0.2) is 11.0 Å². The van der Waals surface area contributed by atoms with E-state index >= 15 is 0 Å². The summed E-state index contributed by atoms with van der Waals surface area (Å²) in [6.07, 6.45) is 1.85. The van der Waals surface area contributed by atoms with E-state index < -0.39 is 0 Å². The lowest BCUT2D eigenvalue weighted by Crippen LogP contribution is -2.11. The van der Waals surface area contributed by atoms with Gasteiger partial charge in [-0.05, 0) is 36.1 Å². The van der Waals surface area contributed by atoms with Crippen molar-refractivity contribution in [2.75, 3.05) is 0 Å². The van der Waals surface area contributed by atoms with E-state index in [9.17, 15) is 0 Å². The molecule has 176 valence electrons. The first-order valence-electron chi connectivity index (χ1n) is 11.2. The summed E-state index contributed by atoms with van der Waals surface area (Å²) >= 11 is 3.30. The van der Waals surface area contributed by atoms with E-state index in [0.717, 1.165) is 38.7 Å². The molecule has 34 heavy (non-hydrogen) atoms. The Morgan fingerprint density at radius 2 is 1.91 bits per heavy atom. The Kier molecular flexibility index (Phi) is 7.54. The summed E-state index contributed by atoms with van der Waals surface area (Å²) < 4.78 is 8.06. The van der Waals surface area contributed by atoms with Gasteiger partial charge in [0.1, 0.15) is 17.4 Å². The van der Waals surface area contributed by atoms with E-state index in [2.05, 4.69) is 90.8 Å². The molecule has 0 radical (unpaired) electrons. The van der Waals surface area contributed by atoms with Gasteiger partial charge in [-0.1, -0.05) is 74.5 Å². The molecule has 0 spiro atoms. The van der Waals surface area contributed by atoms with Crippen LogP contribution in [0.3, 0.4) is 0 Å². The molecule has 0 aliphatic heterocycles. The summed E-state index contributed by atoms with van der Waals surface area (Å²) in [5.74, 6) is 2.33. The lowest BCUT2D eigenvalue weighted by Gasteiger charge is -2.19. The van der Waals surface area contributed by atoms with Crippen LogP contribution in [0.4, 0.5) is 0 Å². The predicted octanol–water partition coefficient (Wildman–Crippen LogP) is 7.06. The van der Waals surface area contributed by atoms with Crippen molar-refractivity contribution in [1.29, 1.82) is 0 Å². The maximum atomic E-state index is 6.01. The number of hydrogen-bond acceptors (Lipinski definition) is 6. The molecule has 0 amide bonds. The maximum Gasteiger partial charge on any atom is 0.191 e. The van der Waals surface area contributed by atoms with E-state index in [1.807, 2.05) is 18.2 Å². The molecular formula is C27H30N4OS2. The van der Waals surface area contributed by atoms with E-state index in [1.54, 1.807) is 23.1 Å². The van der Waals surface area contributed by atoms with Gasteiger partial charge in [0.2, 0.25) is 0 Å². The van der Waals surface area contributed by atoms with Gasteiger partial charge >= 0.3 is 0 Å². The zero-order chi connectivity index (χ0) is 24.1. The number of rotatable bonds is 9. The van der Waals surface area contributed by atoms with Crippen LogP contribution in [0.1, 0.15) is 43.4 Å². The Morgan fingerprint density at radius 3 is 2.62 bits per heavy atom. The molecule has 0 aliphatic rings. The molecule has 5 nitrogen and oxygen atoms in total. The molecule has 0 atom stereocenters. The molecular weight excluding hydrogens is 460 g/mol. The summed E-state index contributed by atoms with van der Waals surface area (Å²) in [5.41, 5.74) is 4.83. The smallest absolute Gasteiger partial charge is 0.191 e. The third-order valence-corrected chi connectivity index (χ3v) is 7.30. The zero-order valence-corrected chi connectivity index (χ0v) is 21.7. The van der Waals surface area contributed by atoms with Gasteiger partial charge in [-0.2, -0.15) is 0 Å². The molecule has 0 saturated heterocycles. The van der Waals surface area contributed by atoms with Gasteiger partial charge in [0.05, 0.1) is 5.69 Å². The molecule has 2 aromatic heterocycles. The zero-order valence-electron chi connectivity index (χ0n) is 20.1. The fourth-order valence-corrected chi connectivity index (χ4v) is 5.25. The van der Waals surface area contributed by atoms with Crippen molar-refractivity contribution in [2.45, 2.75) is 57.2 Å². The van der Waals surface area contributed by atoms with Crippen LogP contribution < -0.4 is 4.74 Å². The van der Waals surface area contributed by atoms with Crippen molar-refractivity contribution in [2.24, 2.45) is 0 Å². The van der Waals surface area contributed by atoms with E-state index in [1.165, 1.54) is 11.1 Å². The third kappa shape index (κ3) is 5.96. The number of allylic oxidation sites excluding steroid dienone is 1. The first kappa shape index (κ1) is 24.2. The monoisotopic (exact) mass is 490 g/mol. The van der Waals surface area contributed by atoms with Gasteiger partial charge in [-0.25, -0.2) is 4.98 Å². The van der Waals surface area contributed by atoms with E-state index in [-0.39, 0.29) is 5.41 Å². The molecule has 0 N–H and O–H groups in total. The standard InChI is InChI=1S/C27H30N4OS2/c1-6-14-31-24(16-32-23-12-10-21(11-13-23)27(3,4)5)29-30-26(31)34-18-22-17-33-25(28-22)20-9-7-8-19(2)15-20/h6-13,15,17H,1,14,16,18H2,2-5H3. The number of nitrogens with zero attached hydrogens (tertiary/aromatic N) is 4. The normalized spacial score (nSPS) is 11.5. The van der Waals surface area contributed by atoms with Crippen LogP contribution in [0.25, 0.3) is 10.6 Å². The van der Waals surface area contributed by atoms with E-state index in [4.69, 9.17) is 9.72 Å². The SMILES string of the molecule is C=CCn1c(COc2ccc(C(C)(C)C)cc2)nnc1SCc1csc(-c2cccc(C)c2)n1. The molecule has 2 heterocycles. The van der Waals surface area contributed by atoms with Gasteiger partial charge in [0.25, 0.3) is 0 Å². The lowest BCUT2D eigenvalue weighted by molar-refractivity contribution is 0.289. The molecule has 0 unspecified atom stereocenters. The summed E-state index contributed by atoms with van der Waals surface area (Å²) in [7, 11) is 0. The number of ether oxygens (including phenoxy) is 1. The van der Waals surface area contributed by atoms with Crippen molar-refractivity contribution < 1.29 is 4.74 Å². The number of hydrogen-bond donors (Lipinski definition) is 0. The summed E-state index contributed by atoms with van der Waals surface area (Å²) in [4.78, 5) is 4.81. The number of aryl methyl sites for hydroxylation is 1. The second-order valence-electron chi connectivity index (χ2n) is 9.16. The minimum atomic E-state index is 0.118. The van der Waals surface area contributed by atoms with Crippen molar-refractivity contribution in [3.63, 3.8) is 0 Å². The summed E-state index contributed by atoms with van der Waals surface area (Å²) in [6.45, 7) is 13.6. The Balaban J connectivity index is 1.41. The third-order valence-electron chi connectivity index (χ3n) is 5.36. The van der Waals surface area contributed by atoms with Crippen LogP contribution in [-0.2, 0) is 24.3 Å². The average molecular weight is 491 g/mol. The van der Waals surface area contributed by atoms with Crippen LogP contribution in [-0.4, -0.2) is 19.7 Å². The maximum absolute atomic E-state index is 6.01. The van der Waals surface area contributed by atoms with Crippen LogP contribution >= 0.6 is 23.1 Å². The number of thioether (sulfide) groups is 1. The van der Waals surface area contributed by atoms with Crippen molar-refractivity contribution in [1.82, 2.24) is 19.7 Å². The highest BCUT2D eigenvalue weighted by atomic mass is 32.2. The Morgan fingerprint density at radius 1 is 1.12 bits per heavy atom. The molecule has 7 heteroatoms. The highest BCUT2D eigenvalue weighted by Gasteiger charge is 2.15. The Hall–Kier alpha value is -2.90. The van der Waals surface area contributed by atoms with Crippen LogP contribution in [0.5, 0.6) is 5.75 Å². The quantitative estimate of drug-likeness (QED) is 0.186. The second kappa shape index (κ2) is 10.6. The topological polar surface area (TPSA) is 52.8 Å². The van der Waals surface area contributed by atoms with Gasteiger partial charge < -0.3 is 4.74 Å². The summed E-state index contributed by atoms with van der Waals surface area (Å²) in [5, 5.41) is 12.8. The molecule has 0 aliphatic carbocycles. The summed E-state index contributed by atoms with van der Waals surface area (Å²) in [6, 6.07) is 16.7. The predicted molar refractivity (Wildman–Crippen MR) is 142 cm³/mol. The molecule has 2 aromatic carbocycles. The van der Waals surface area contributed by atoms with Gasteiger partial charge in [0, 0.05) is 23.2 Å². The Bertz CT molecular complexity index is 1250. The number of benzene rings is 2. The molecule has 0 bridgehead atoms. The second-order valence-corrected chi connectivity index (χ2v) is 11.0. The van der Waals surface area contributed by atoms with Crippen LogP contribution in [0.15, 0.2) is 71.7 Å². The Labute approximate surface area is 209 Å². The van der Waals surface area contributed by atoms with Crippen LogP contribution in [0.2, 0.25) is 0 Å². The fraction of sp³-hybridized carbons (Fsp3) is 0.296. The lowest BCUT2D eigenvalue weighted by atomic mass is 9.87. The van der Waals surface area contributed by atoms with Crippen molar-refractivity contribution in [3.8, 4) is 16.3 Å². The van der Waals surface area contributed by atoms with Crippen molar-refractivity contribution in [3.05, 3.63) is 89.2 Å².